The normalized spacial score (nSPS) is 23.2. The predicted molar refractivity (Wildman–Crippen MR) is 109 cm³/mol. The predicted octanol–water partition coefficient (Wildman–Crippen LogP) is 1.46. The molecule has 1 aromatic rings. The summed E-state index contributed by atoms with van der Waals surface area (Å²) in [6.45, 7) is 8.24. The molecule has 1 N–H and O–H groups in total. The maximum Gasteiger partial charge on any atom is 0.274 e. The van der Waals surface area contributed by atoms with Gasteiger partial charge < -0.3 is 14.5 Å². The van der Waals surface area contributed by atoms with Crippen LogP contribution in [-0.4, -0.2) is 95.2 Å². The van der Waals surface area contributed by atoms with Crippen molar-refractivity contribution in [3.8, 4) is 0 Å². The molecule has 0 aromatic carbocycles. The minimum atomic E-state index is -0.0188. The number of aromatic nitrogens is 2. The van der Waals surface area contributed by atoms with Crippen molar-refractivity contribution in [3.05, 3.63) is 17.5 Å². The summed E-state index contributed by atoms with van der Waals surface area (Å²) < 4.78 is 5.40. The summed E-state index contributed by atoms with van der Waals surface area (Å²) in [7, 11) is 0. The highest BCUT2D eigenvalue weighted by atomic mass is 16.5. The molecule has 0 radical (unpaired) electrons. The lowest BCUT2D eigenvalue weighted by atomic mass is 10.0. The first-order valence-electron chi connectivity index (χ1n) is 11.0. The van der Waals surface area contributed by atoms with Crippen LogP contribution in [0, 0.1) is 0 Å². The summed E-state index contributed by atoms with van der Waals surface area (Å²) in [5.74, 6) is 0.634. The van der Waals surface area contributed by atoms with E-state index in [2.05, 4.69) is 15.1 Å². The van der Waals surface area contributed by atoms with Crippen LogP contribution in [0.25, 0.3) is 0 Å². The van der Waals surface area contributed by atoms with Gasteiger partial charge in [-0.15, -0.1) is 0 Å². The van der Waals surface area contributed by atoms with E-state index >= 15 is 0 Å². The standard InChI is InChI=1S/C21H33N5O3/c1-16(27)26(9-3-7-24-10-12-29-13-11-24)18-4-2-8-25(15-18)21(28)20-14-19(22-23-20)17-5-6-17/h14,17-18H,2-13,15H2,1H3,(H,22,23). The van der Waals surface area contributed by atoms with E-state index in [0.717, 1.165) is 70.9 Å². The first-order chi connectivity index (χ1) is 14.1. The van der Waals surface area contributed by atoms with Crippen molar-refractivity contribution in [2.45, 2.75) is 51.0 Å². The van der Waals surface area contributed by atoms with Gasteiger partial charge in [0.15, 0.2) is 0 Å². The largest absolute Gasteiger partial charge is 0.379 e. The average Bonchev–Trinajstić information content (AvgIpc) is 3.48. The first-order valence-corrected chi connectivity index (χ1v) is 11.0. The summed E-state index contributed by atoms with van der Waals surface area (Å²) in [6, 6.07) is 2.01. The van der Waals surface area contributed by atoms with Gasteiger partial charge in [0.1, 0.15) is 5.69 Å². The summed E-state index contributed by atoms with van der Waals surface area (Å²) in [5, 5.41) is 7.27. The van der Waals surface area contributed by atoms with Crippen molar-refractivity contribution < 1.29 is 14.3 Å². The molecular formula is C21H33N5O3. The number of rotatable bonds is 7. The lowest BCUT2D eigenvalue weighted by Crippen LogP contribution is -2.52. The molecule has 3 aliphatic rings. The molecular weight excluding hydrogens is 370 g/mol. The van der Waals surface area contributed by atoms with E-state index in [9.17, 15) is 9.59 Å². The van der Waals surface area contributed by atoms with E-state index in [0.29, 0.717) is 18.2 Å². The summed E-state index contributed by atoms with van der Waals surface area (Å²) in [5.41, 5.74) is 1.59. The Labute approximate surface area is 172 Å². The molecule has 1 aliphatic carbocycles. The highest BCUT2D eigenvalue weighted by Gasteiger charge is 2.32. The fraction of sp³-hybridized carbons (Fsp3) is 0.762. The second-order valence-corrected chi connectivity index (χ2v) is 8.55. The minimum absolute atomic E-state index is 0.0188. The van der Waals surface area contributed by atoms with Gasteiger partial charge in [0, 0.05) is 63.8 Å². The monoisotopic (exact) mass is 403 g/mol. The molecule has 3 heterocycles. The van der Waals surface area contributed by atoms with Crippen LogP contribution in [0.4, 0.5) is 0 Å². The third-order valence-electron chi connectivity index (χ3n) is 6.34. The Morgan fingerprint density at radius 2 is 2.03 bits per heavy atom. The molecule has 2 aliphatic heterocycles. The number of carbonyl (C=O) groups excluding carboxylic acids is 2. The Hall–Kier alpha value is -1.93. The zero-order valence-electron chi connectivity index (χ0n) is 17.4. The summed E-state index contributed by atoms with van der Waals surface area (Å²) >= 11 is 0. The second kappa shape index (κ2) is 9.26. The van der Waals surface area contributed by atoms with Crippen molar-refractivity contribution in [1.29, 1.82) is 0 Å². The number of amides is 2. The lowest BCUT2D eigenvalue weighted by Gasteiger charge is -2.39. The molecule has 3 fully saturated rings. The first kappa shape index (κ1) is 20.3. The number of likely N-dealkylation sites (tertiary alicyclic amines) is 1. The number of piperidine rings is 1. The highest BCUT2D eigenvalue weighted by molar-refractivity contribution is 5.92. The summed E-state index contributed by atoms with van der Waals surface area (Å²) in [4.78, 5) is 31.5. The van der Waals surface area contributed by atoms with Crippen molar-refractivity contribution in [3.63, 3.8) is 0 Å². The van der Waals surface area contributed by atoms with Crippen molar-refractivity contribution in [1.82, 2.24) is 24.9 Å². The SMILES string of the molecule is CC(=O)N(CCCN1CCOCC1)C1CCCN(C(=O)c2cc(C3CC3)[nH]n2)C1. The van der Waals surface area contributed by atoms with Gasteiger partial charge in [0.2, 0.25) is 5.91 Å². The number of carbonyl (C=O) groups is 2. The molecule has 160 valence electrons. The van der Waals surface area contributed by atoms with E-state index in [1.807, 2.05) is 15.9 Å². The van der Waals surface area contributed by atoms with E-state index in [1.54, 1.807) is 6.92 Å². The maximum absolute atomic E-state index is 12.9. The number of nitrogens with zero attached hydrogens (tertiary/aromatic N) is 4. The van der Waals surface area contributed by atoms with Gasteiger partial charge in [-0.25, -0.2) is 0 Å². The van der Waals surface area contributed by atoms with Crippen molar-refractivity contribution in [2.75, 3.05) is 52.5 Å². The topological polar surface area (TPSA) is 81.8 Å². The third-order valence-corrected chi connectivity index (χ3v) is 6.34. The second-order valence-electron chi connectivity index (χ2n) is 8.55. The van der Waals surface area contributed by atoms with Gasteiger partial charge in [0.05, 0.1) is 13.2 Å². The van der Waals surface area contributed by atoms with Gasteiger partial charge in [0.25, 0.3) is 5.91 Å². The number of H-pyrrole nitrogens is 1. The van der Waals surface area contributed by atoms with Crippen molar-refractivity contribution >= 4 is 11.8 Å². The van der Waals surface area contributed by atoms with Gasteiger partial charge >= 0.3 is 0 Å². The van der Waals surface area contributed by atoms with Crippen LogP contribution in [0.3, 0.4) is 0 Å². The molecule has 2 amide bonds. The molecule has 1 unspecified atom stereocenters. The fourth-order valence-corrected chi connectivity index (χ4v) is 4.49. The molecule has 29 heavy (non-hydrogen) atoms. The Bertz CT molecular complexity index is 711. The van der Waals surface area contributed by atoms with E-state index < -0.39 is 0 Å². The van der Waals surface area contributed by atoms with Crippen LogP contribution in [0.5, 0.6) is 0 Å². The Morgan fingerprint density at radius 1 is 1.24 bits per heavy atom. The van der Waals surface area contributed by atoms with Crippen LogP contribution in [-0.2, 0) is 9.53 Å². The minimum Gasteiger partial charge on any atom is -0.379 e. The number of aromatic amines is 1. The number of morpholine rings is 1. The quantitative estimate of drug-likeness (QED) is 0.745. The zero-order chi connectivity index (χ0) is 20.2. The molecule has 2 saturated heterocycles. The molecule has 4 rings (SSSR count). The average molecular weight is 404 g/mol. The highest BCUT2D eigenvalue weighted by Crippen LogP contribution is 2.39. The van der Waals surface area contributed by atoms with Crippen LogP contribution in [0.1, 0.15) is 61.1 Å². The molecule has 0 bridgehead atoms. The molecule has 0 spiro atoms. The van der Waals surface area contributed by atoms with Crippen LogP contribution in [0.2, 0.25) is 0 Å². The molecule has 1 atom stereocenters. The van der Waals surface area contributed by atoms with Gasteiger partial charge in [-0.3, -0.25) is 19.6 Å². The molecule has 1 aromatic heterocycles. The van der Waals surface area contributed by atoms with E-state index in [4.69, 9.17) is 4.74 Å². The lowest BCUT2D eigenvalue weighted by molar-refractivity contribution is -0.132. The van der Waals surface area contributed by atoms with Crippen LogP contribution >= 0.6 is 0 Å². The Balaban J connectivity index is 1.31. The van der Waals surface area contributed by atoms with E-state index in [1.165, 1.54) is 12.8 Å². The summed E-state index contributed by atoms with van der Waals surface area (Å²) in [6.07, 6.45) is 5.19. The zero-order valence-corrected chi connectivity index (χ0v) is 17.4. The maximum atomic E-state index is 12.9. The number of hydrogen-bond acceptors (Lipinski definition) is 5. The van der Waals surface area contributed by atoms with Gasteiger partial charge in [-0.1, -0.05) is 0 Å². The molecule has 1 saturated carbocycles. The van der Waals surface area contributed by atoms with Gasteiger partial charge in [-0.2, -0.15) is 5.10 Å². The van der Waals surface area contributed by atoms with E-state index in [-0.39, 0.29) is 17.9 Å². The van der Waals surface area contributed by atoms with Crippen molar-refractivity contribution in [2.24, 2.45) is 0 Å². The number of nitrogens with one attached hydrogen (secondary N) is 1. The molecule has 8 heteroatoms. The Morgan fingerprint density at radius 3 is 2.76 bits per heavy atom. The number of ether oxygens (including phenoxy) is 1. The number of hydrogen-bond donors (Lipinski definition) is 1. The Kier molecular flexibility index (Phi) is 6.50. The van der Waals surface area contributed by atoms with Crippen LogP contribution in [0.15, 0.2) is 6.07 Å². The fourth-order valence-electron chi connectivity index (χ4n) is 4.49. The van der Waals surface area contributed by atoms with Crippen LogP contribution < -0.4 is 0 Å². The van der Waals surface area contributed by atoms with Gasteiger partial charge in [-0.05, 0) is 38.2 Å². The third kappa shape index (κ3) is 5.17. The molecule has 8 nitrogen and oxygen atoms in total. The smallest absolute Gasteiger partial charge is 0.274 e.